The molecule has 8 heavy (non-hydrogen) atoms. The van der Waals surface area contributed by atoms with Crippen LogP contribution in [-0.4, -0.2) is 26.7 Å². The summed E-state index contributed by atoms with van der Waals surface area (Å²) in [6.45, 7) is 0.0356. The molecule has 0 heterocycles. The molecule has 0 rings (SSSR count). The number of hydrogen-bond acceptors (Lipinski definition) is 3. The number of methoxy groups -OCH3 is 1. The summed E-state index contributed by atoms with van der Waals surface area (Å²) in [5.74, 6) is -0.282. The molecular weight excluding hydrogens is 110 g/mol. The van der Waals surface area contributed by atoms with Crippen LogP contribution in [0.5, 0.6) is 0 Å². The van der Waals surface area contributed by atoms with Gasteiger partial charge in [0.1, 0.15) is 6.61 Å². The van der Waals surface area contributed by atoms with Crippen molar-refractivity contribution in [1.82, 2.24) is 5.48 Å². The molecule has 0 aliphatic carbocycles. The van der Waals surface area contributed by atoms with Crippen LogP contribution in [0, 0.1) is 0 Å². The molecule has 0 saturated carbocycles. The van der Waals surface area contributed by atoms with Gasteiger partial charge in [-0.2, -0.15) is 0 Å². The standard InChI is InChI=1S/C4H9NO3/c1-7-3-4(6)5-8-2/h3H2,1-2H3,(H,5,6). The van der Waals surface area contributed by atoms with Gasteiger partial charge in [0.15, 0.2) is 0 Å². The van der Waals surface area contributed by atoms with Gasteiger partial charge in [-0.05, 0) is 0 Å². The van der Waals surface area contributed by atoms with Crippen molar-refractivity contribution < 1.29 is 14.4 Å². The smallest absolute Gasteiger partial charge is 0.269 e. The summed E-state index contributed by atoms with van der Waals surface area (Å²) in [5.41, 5.74) is 2.08. The van der Waals surface area contributed by atoms with Gasteiger partial charge in [0.2, 0.25) is 0 Å². The predicted molar refractivity (Wildman–Crippen MR) is 27.0 cm³/mol. The highest BCUT2D eigenvalue weighted by Crippen LogP contribution is 1.66. The van der Waals surface area contributed by atoms with E-state index in [2.05, 4.69) is 15.1 Å². The minimum atomic E-state index is -0.282. The number of ether oxygens (including phenoxy) is 1. The third kappa shape index (κ3) is 3.58. The van der Waals surface area contributed by atoms with Gasteiger partial charge in [0, 0.05) is 7.11 Å². The zero-order chi connectivity index (χ0) is 6.41. The lowest BCUT2D eigenvalue weighted by atomic mass is 10.7. The van der Waals surface area contributed by atoms with Gasteiger partial charge in [-0.25, -0.2) is 5.48 Å². The molecular formula is C4H9NO3. The Morgan fingerprint density at radius 1 is 1.62 bits per heavy atom. The molecule has 0 bridgehead atoms. The molecule has 0 aromatic heterocycles. The Morgan fingerprint density at radius 2 is 2.25 bits per heavy atom. The number of hydrogen-bond donors (Lipinski definition) is 1. The molecule has 0 fully saturated rings. The molecule has 0 atom stereocenters. The van der Waals surface area contributed by atoms with Gasteiger partial charge >= 0.3 is 0 Å². The maximum absolute atomic E-state index is 10.3. The average Bonchev–Trinajstić information content (AvgIpc) is 1.68. The SMILES string of the molecule is COCC(=O)NOC. The lowest BCUT2D eigenvalue weighted by molar-refractivity contribution is -0.135. The molecule has 1 N–H and O–H groups in total. The Labute approximate surface area is 47.7 Å². The highest BCUT2D eigenvalue weighted by molar-refractivity contribution is 5.75. The molecule has 0 aliphatic heterocycles. The van der Waals surface area contributed by atoms with Crippen molar-refractivity contribution in [2.24, 2.45) is 0 Å². The zero-order valence-electron chi connectivity index (χ0n) is 4.93. The van der Waals surface area contributed by atoms with Crippen molar-refractivity contribution in [3.63, 3.8) is 0 Å². The van der Waals surface area contributed by atoms with Crippen molar-refractivity contribution in [3.05, 3.63) is 0 Å². The summed E-state index contributed by atoms with van der Waals surface area (Å²) in [6.07, 6.45) is 0. The number of amides is 1. The Bertz CT molecular complexity index is 65.7. The second-order valence-electron chi connectivity index (χ2n) is 1.16. The van der Waals surface area contributed by atoms with E-state index in [-0.39, 0.29) is 12.5 Å². The summed E-state index contributed by atoms with van der Waals surface area (Å²) in [4.78, 5) is 14.6. The van der Waals surface area contributed by atoms with Gasteiger partial charge < -0.3 is 4.74 Å². The molecule has 4 heteroatoms. The minimum absolute atomic E-state index is 0.0356. The fourth-order valence-corrected chi connectivity index (χ4v) is 0.274. The first-order chi connectivity index (χ1) is 3.81. The van der Waals surface area contributed by atoms with Crippen LogP contribution in [0.15, 0.2) is 0 Å². The summed E-state index contributed by atoms with van der Waals surface area (Å²) in [5, 5.41) is 0. The quantitative estimate of drug-likeness (QED) is 0.500. The molecule has 48 valence electrons. The summed E-state index contributed by atoms with van der Waals surface area (Å²) in [6, 6.07) is 0. The summed E-state index contributed by atoms with van der Waals surface area (Å²) < 4.78 is 4.46. The van der Waals surface area contributed by atoms with Crippen LogP contribution in [0.3, 0.4) is 0 Å². The van der Waals surface area contributed by atoms with Crippen molar-refractivity contribution in [3.8, 4) is 0 Å². The Hall–Kier alpha value is -0.610. The highest BCUT2D eigenvalue weighted by Gasteiger charge is 1.94. The van der Waals surface area contributed by atoms with Crippen molar-refractivity contribution >= 4 is 5.91 Å². The largest absolute Gasteiger partial charge is 0.375 e. The first-order valence-corrected chi connectivity index (χ1v) is 2.12. The summed E-state index contributed by atoms with van der Waals surface area (Å²) in [7, 11) is 2.81. The number of hydroxylamine groups is 1. The first kappa shape index (κ1) is 7.39. The zero-order valence-corrected chi connectivity index (χ0v) is 4.93. The number of carbonyl (C=O) groups is 1. The first-order valence-electron chi connectivity index (χ1n) is 2.12. The van der Waals surface area contributed by atoms with E-state index >= 15 is 0 Å². The molecule has 0 aliphatic rings. The molecule has 0 aromatic carbocycles. The monoisotopic (exact) mass is 119 g/mol. The normalized spacial score (nSPS) is 8.75. The average molecular weight is 119 g/mol. The van der Waals surface area contributed by atoms with Crippen molar-refractivity contribution in [2.45, 2.75) is 0 Å². The van der Waals surface area contributed by atoms with E-state index in [1.165, 1.54) is 14.2 Å². The van der Waals surface area contributed by atoms with Crippen molar-refractivity contribution in [1.29, 1.82) is 0 Å². The van der Waals surface area contributed by atoms with E-state index in [4.69, 9.17) is 0 Å². The van der Waals surface area contributed by atoms with E-state index in [9.17, 15) is 4.79 Å². The molecule has 0 unspecified atom stereocenters. The Kier molecular flexibility index (Phi) is 4.20. The van der Waals surface area contributed by atoms with Crippen LogP contribution < -0.4 is 5.48 Å². The second kappa shape index (κ2) is 4.55. The molecule has 0 radical (unpaired) electrons. The van der Waals surface area contributed by atoms with E-state index in [0.717, 1.165) is 0 Å². The van der Waals surface area contributed by atoms with E-state index in [1.54, 1.807) is 0 Å². The topological polar surface area (TPSA) is 47.6 Å². The van der Waals surface area contributed by atoms with Crippen LogP contribution in [0.2, 0.25) is 0 Å². The van der Waals surface area contributed by atoms with Crippen LogP contribution in [-0.2, 0) is 14.4 Å². The molecule has 0 aromatic rings. The fraction of sp³-hybridized carbons (Fsp3) is 0.750. The van der Waals surface area contributed by atoms with Crippen molar-refractivity contribution in [2.75, 3.05) is 20.8 Å². The maximum Gasteiger partial charge on any atom is 0.269 e. The molecule has 1 amide bonds. The van der Waals surface area contributed by atoms with Crippen LogP contribution in [0.4, 0.5) is 0 Å². The third-order valence-corrected chi connectivity index (χ3v) is 0.491. The highest BCUT2D eigenvalue weighted by atomic mass is 16.6. The predicted octanol–water partition coefficient (Wildman–Crippen LogP) is -0.690. The minimum Gasteiger partial charge on any atom is -0.375 e. The molecule has 4 nitrogen and oxygen atoms in total. The van der Waals surface area contributed by atoms with E-state index in [1.807, 2.05) is 0 Å². The van der Waals surface area contributed by atoms with Crippen LogP contribution in [0.1, 0.15) is 0 Å². The Morgan fingerprint density at radius 3 is 2.62 bits per heavy atom. The van der Waals surface area contributed by atoms with Crippen LogP contribution >= 0.6 is 0 Å². The fourth-order valence-electron chi connectivity index (χ4n) is 0.274. The van der Waals surface area contributed by atoms with Gasteiger partial charge in [-0.15, -0.1) is 0 Å². The number of carbonyl (C=O) groups excluding carboxylic acids is 1. The Balaban J connectivity index is 3.06. The lowest BCUT2D eigenvalue weighted by Gasteiger charge is -1.97. The molecule has 0 spiro atoms. The van der Waals surface area contributed by atoms with Gasteiger partial charge in [-0.3, -0.25) is 9.63 Å². The second-order valence-corrected chi connectivity index (χ2v) is 1.16. The number of nitrogens with one attached hydrogen (secondary N) is 1. The molecule has 0 saturated heterocycles. The maximum atomic E-state index is 10.3. The van der Waals surface area contributed by atoms with E-state index in [0.29, 0.717) is 0 Å². The van der Waals surface area contributed by atoms with E-state index < -0.39 is 0 Å². The number of rotatable bonds is 3. The van der Waals surface area contributed by atoms with Crippen LogP contribution in [0.25, 0.3) is 0 Å². The van der Waals surface area contributed by atoms with Gasteiger partial charge in [0.25, 0.3) is 5.91 Å². The van der Waals surface area contributed by atoms with Gasteiger partial charge in [-0.1, -0.05) is 0 Å². The lowest BCUT2D eigenvalue weighted by Crippen LogP contribution is -2.25. The third-order valence-electron chi connectivity index (χ3n) is 0.491. The summed E-state index contributed by atoms with van der Waals surface area (Å²) >= 11 is 0. The van der Waals surface area contributed by atoms with Gasteiger partial charge in [0.05, 0.1) is 7.11 Å².